The monoisotopic (exact) mass is 359 g/mol. The zero-order valence-corrected chi connectivity index (χ0v) is 14.7. The first-order valence-electron chi connectivity index (χ1n) is 7.76. The van der Waals surface area contributed by atoms with Crippen molar-refractivity contribution in [1.82, 2.24) is 19.7 Å². The van der Waals surface area contributed by atoms with Gasteiger partial charge in [0.15, 0.2) is 5.84 Å². The molecule has 1 atom stereocenters. The van der Waals surface area contributed by atoms with E-state index in [0.29, 0.717) is 0 Å². The summed E-state index contributed by atoms with van der Waals surface area (Å²) < 4.78 is 6.53. The van der Waals surface area contributed by atoms with Crippen LogP contribution < -0.4 is 10.1 Å². The van der Waals surface area contributed by atoms with E-state index >= 15 is 0 Å². The lowest BCUT2D eigenvalue weighted by Gasteiger charge is -2.25. The Bertz CT molecular complexity index is 818. The number of amides is 1. The molecule has 0 aliphatic rings. The first kappa shape index (κ1) is 19.1. The number of carbonyl (C=O) groups excluding carboxylic acids is 1. The van der Waals surface area contributed by atoms with E-state index in [1.165, 1.54) is 22.9 Å². The standard InChI is InChI=1S/C16H21N7O3/c1-10(8-24)23(9-17)14(18)12-5-4-6-13(19-12)20-15(25)11-7-22(2)21-16(11)26-3/h4-7,9-10,17-18,24H,8H2,1-3H3,(H,19,20,25). The Kier molecular flexibility index (Phi) is 6.02. The van der Waals surface area contributed by atoms with Gasteiger partial charge in [0, 0.05) is 13.2 Å². The van der Waals surface area contributed by atoms with Gasteiger partial charge in [0.1, 0.15) is 17.1 Å². The third-order valence-electron chi connectivity index (χ3n) is 3.60. The van der Waals surface area contributed by atoms with Gasteiger partial charge in [0.05, 0.1) is 26.1 Å². The molecule has 0 aromatic carbocycles. The molecule has 0 saturated carbocycles. The summed E-state index contributed by atoms with van der Waals surface area (Å²) in [5, 5.41) is 31.5. The highest BCUT2D eigenvalue weighted by atomic mass is 16.5. The Morgan fingerprint density at radius 1 is 1.54 bits per heavy atom. The van der Waals surface area contributed by atoms with E-state index in [2.05, 4.69) is 15.4 Å². The fourth-order valence-corrected chi connectivity index (χ4v) is 2.23. The van der Waals surface area contributed by atoms with E-state index in [1.807, 2.05) is 0 Å². The van der Waals surface area contributed by atoms with Gasteiger partial charge in [-0.3, -0.25) is 20.3 Å². The van der Waals surface area contributed by atoms with Crippen LogP contribution in [0.15, 0.2) is 24.4 Å². The van der Waals surface area contributed by atoms with Crippen molar-refractivity contribution >= 4 is 23.9 Å². The molecule has 0 aliphatic carbocycles. The number of aliphatic hydroxyl groups is 1. The summed E-state index contributed by atoms with van der Waals surface area (Å²) in [5.74, 6) is -0.0687. The molecule has 2 aromatic rings. The number of ether oxygens (including phenoxy) is 1. The largest absolute Gasteiger partial charge is 0.479 e. The molecule has 10 nitrogen and oxygen atoms in total. The molecule has 0 fully saturated rings. The van der Waals surface area contributed by atoms with E-state index < -0.39 is 11.9 Å². The van der Waals surface area contributed by atoms with Gasteiger partial charge in [0.25, 0.3) is 5.91 Å². The van der Waals surface area contributed by atoms with Crippen molar-refractivity contribution in [3.8, 4) is 5.88 Å². The summed E-state index contributed by atoms with van der Waals surface area (Å²) in [4.78, 5) is 17.9. The first-order chi connectivity index (χ1) is 12.4. The predicted molar refractivity (Wildman–Crippen MR) is 95.9 cm³/mol. The Morgan fingerprint density at radius 2 is 2.27 bits per heavy atom. The van der Waals surface area contributed by atoms with Crippen molar-refractivity contribution in [1.29, 1.82) is 10.8 Å². The molecule has 1 amide bonds. The molecule has 0 saturated heterocycles. The second-order valence-electron chi connectivity index (χ2n) is 5.50. The summed E-state index contributed by atoms with van der Waals surface area (Å²) >= 11 is 0. The molecule has 0 bridgehead atoms. The summed E-state index contributed by atoms with van der Waals surface area (Å²) in [6, 6.07) is 4.36. The minimum Gasteiger partial charge on any atom is -0.479 e. The van der Waals surface area contributed by atoms with Gasteiger partial charge in [-0.1, -0.05) is 6.07 Å². The van der Waals surface area contributed by atoms with E-state index in [0.717, 1.165) is 6.34 Å². The molecule has 4 N–H and O–H groups in total. The Morgan fingerprint density at radius 3 is 2.88 bits per heavy atom. The molecule has 1 unspecified atom stereocenters. The summed E-state index contributed by atoms with van der Waals surface area (Å²) in [6.07, 6.45) is 2.48. The van der Waals surface area contributed by atoms with Crippen LogP contribution in [0.1, 0.15) is 23.0 Å². The van der Waals surface area contributed by atoms with Gasteiger partial charge in [-0.15, -0.1) is 5.10 Å². The molecular formula is C16H21N7O3. The number of pyridine rings is 1. The zero-order chi connectivity index (χ0) is 19.3. The van der Waals surface area contributed by atoms with Crippen LogP contribution in [-0.2, 0) is 7.05 Å². The van der Waals surface area contributed by atoms with Crippen LogP contribution in [0.2, 0.25) is 0 Å². The molecule has 0 aliphatic heterocycles. The minimum absolute atomic E-state index is 0.0587. The second kappa shape index (κ2) is 8.21. The highest BCUT2D eigenvalue weighted by Gasteiger charge is 2.19. The molecular weight excluding hydrogens is 338 g/mol. The lowest BCUT2D eigenvalue weighted by atomic mass is 10.2. The quantitative estimate of drug-likeness (QED) is 0.423. The highest BCUT2D eigenvalue weighted by Crippen LogP contribution is 2.17. The maximum Gasteiger partial charge on any atom is 0.263 e. The lowest BCUT2D eigenvalue weighted by molar-refractivity contribution is 0.102. The molecule has 26 heavy (non-hydrogen) atoms. The fraction of sp³-hybridized carbons (Fsp3) is 0.312. The molecule has 0 spiro atoms. The number of carbonyl (C=O) groups is 1. The molecule has 2 aromatic heterocycles. The first-order valence-corrected chi connectivity index (χ1v) is 7.76. The molecule has 2 rings (SSSR count). The normalized spacial score (nSPS) is 11.5. The van der Waals surface area contributed by atoms with Crippen LogP contribution in [0.25, 0.3) is 0 Å². The smallest absolute Gasteiger partial charge is 0.263 e. The third-order valence-corrected chi connectivity index (χ3v) is 3.60. The number of anilines is 1. The van der Waals surface area contributed by atoms with Crippen molar-refractivity contribution in [2.75, 3.05) is 19.0 Å². The van der Waals surface area contributed by atoms with Crippen LogP contribution in [0, 0.1) is 10.8 Å². The molecule has 138 valence electrons. The van der Waals surface area contributed by atoms with Crippen LogP contribution in [0.3, 0.4) is 0 Å². The van der Waals surface area contributed by atoms with Crippen LogP contribution in [0.4, 0.5) is 5.82 Å². The number of hydrogen-bond donors (Lipinski definition) is 4. The number of hydrogen-bond acceptors (Lipinski definition) is 7. The number of aryl methyl sites for hydroxylation is 1. The maximum absolute atomic E-state index is 12.4. The van der Waals surface area contributed by atoms with Crippen molar-refractivity contribution < 1.29 is 14.6 Å². The number of nitrogens with one attached hydrogen (secondary N) is 3. The van der Waals surface area contributed by atoms with Crippen LogP contribution in [0.5, 0.6) is 5.88 Å². The van der Waals surface area contributed by atoms with Gasteiger partial charge < -0.3 is 20.1 Å². The highest BCUT2D eigenvalue weighted by molar-refractivity contribution is 6.06. The summed E-state index contributed by atoms with van der Waals surface area (Å²) in [6.45, 7) is 1.47. The van der Waals surface area contributed by atoms with E-state index in [1.54, 1.807) is 32.2 Å². The third kappa shape index (κ3) is 4.03. The molecule has 0 radical (unpaired) electrons. The molecule has 10 heteroatoms. The maximum atomic E-state index is 12.4. The van der Waals surface area contributed by atoms with Crippen molar-refractivity contribution in [2.45, 2.75) is 13.0 Å². The predicted octanol–water partition coefficient (Wildman–Crippen LogP) is 0.691. The topological polar surface area (TPSA) is 140 Å². The summed E-state index contributed by atoms with van der Waals surface area (Å²) in [7, 11) is 3.10. The average molecular weight is 359 g/mol. The minimum atomic E-state index is -0.446. The van der Waals surface area contributed by atoms with Crippen LogP contribution >= 0.6 is 0 Å². The lowest BCUT2D eigenvalue weighted by Crippen LogP contribution is -2.39. The Balaban J connectivity index is 2.22. The number of aromatic nitrogens is 3. The van der Waals surface area contributed by atoms with Gasteiger partial charge in [-0.25, -0.2) is 4.98 Å². The average Bonchev–Trinajstić information content (AvgIpc) is 3.03. The number of nitrogens with zero attached hydrogens (tertiary/aromatic N) is 4. The number of aliphatic hydroxyl groups excluding tert-OH is 1. The van der Waals surface area contributed by atoms with Crippen molar-refractivity contribution in [2.24, 2.45) is 7.05 Å². The summed E-state index contributed by atoms with van der Waals surface area (Å²) in [5.41, 5.74) is 0.511. The number of rotatable bonds is 7. The van der Waals surface area contributed by atoms with Crippen LogP contribution in [-0.4, -0.2) is 62.6 Å². The Hall–Kier alpha value is -3.27. The van der Waals surface area contributed by atoms with Gasteiger partial charge in [-0.05, 0) is 19.1 Å². The zero-order valence-electron chi connectivity index (χ0n) is 14.7. The van der Waals surface area contributed by atoms with Gasteiger partial charge in [0.2, 0.25) is 5.88 Å². The van der Waals surface area contributed by atoms with E-state index in [4.69, 9.17) is 15.6 Å². The fourth-order valence-electron chi connectivity index (χ4n) is 2.23. The molecule has 2 heterocycles. The van der Waals surface area contributed by atoms with Crippen molar-refractivity contribution in [3.63, 3.8) is 0 Å². The Labute approximate surface area is 150 Å². The number of amidine groups is 1. The van der Waals surface area contributed by atoms with Gasteiger partial charge >= 0.3 is 0 Å². The second-order valence-corrected chi connectivity index (χ2v) is 5.50. The SMILES string of the molecule is COc1nn(C)cc1C(=O)Nc1cccc(C(=N)N(C=N)C(C)CO)n1. The van der Waals surface area contributed by atoms with E-state index in [9.17, 15) is 9.90 Å². The van der Waals surface area contributed by atoms with E-state index in [-0.39, 0.29) is 35.4 Å². The number of methoxy groups -OCH3 is 1. The van der Waals surface area contributed by atoms with Crippen molar-refractivity contribution in [3.05, 3.63) is 35.7 Å². The van der Waals surface area contributed by atoms with Gasteiger partial charge in [-0.2, -0.15) is 0 Å².